The van der Waals surface area contributed by atoms with Gasteiger partial charge in [0, 0.05) is 18.5 Å². The molecule has 20 heavy (non-hydrogen) atoms. The fourth-order valence-electron chi connectivity index (χ4n) is 2.73. The van der Waals surface area contributed by atoms with Gasteiger partial charge in [-0.25, -0.2) is 0 Å². The number of halogens is 1. The summed E-state index contributed by atoms with van der Waals surface area (Å²) >= 11 is 5.82. The summed E-state index contributed by atoms with van der Waals surface area (Å²) in [5, 5.41) is 0. The third-order valence-corrected chi connectivity index (χ3v) is 3.91. The van der Waals surface area contributed by atoms with Crippen molar-refractivity contribution in [1.29, 1.82) is 0 Å². The van der Waals surface area contributed by atoms with Gasteiger partial charge in [0.15, 0.2) is 0 Å². The number of hydrogen-bond acceptors (Lipinski definition) is 2. The van der Waals surface area contributed by atoms with Crippen molar-refractivity contribution in [2.45, 2.75) is 38.1 Å². The Labute approximate surface area is 125 Å². The molecule has 0 aliphatic heterocycles. The molecule has 1 saturated carbocycles. The first kappa shape index (κ1) is 15.2. The van der Waals surface area contributed by atoms with Gasteiger partial charge in [-0.05, 0) is 25.0 Å². The van der Waals surface area contributed by atoms with Gasteiger partial charge in [0.1, 0.15) is 5.75 Å². The fourth-order valence-corrected chi connectivity index (χ4v) is 2.92. The van der Waals surface area contributed by atoms with Crippen molar-refractivity contribution in [2.75, 3.05) is 19.0 Å². The minimum atomic E-state index is 0.161. The molecule has 0 bridgehead atoms. The van der Waals surface area contributed by atoms with E-state index in [1.807, 2.05) is 35.2 Å². The number of benzene rings is 1. The minimum absolute atomic E-state index is 0.161. The predicted molar refractivity (Wildman–Crippen MR) is 81.2 cm³/mol. The Morgan fingerprint density at radius 2 is 1.95 bits per heavy atom. The maximum Gasteiger partial charge on any atom is 0.226 e. The monoisotopic (exact) mass is 295 g/mol. The largest absolute Gasteiger partial charge is 0.493 e. The van der Waals surface area contributed by atoms with Gasteiger partial charge in [-0.15, -0.1) is 11.6 Å². The van der Waals surface area contributed by atoms with E-state index in [0.29, 0.717) is 31.5 Å². The molecule has 1 aromatic rings. The summed E-state index contributed by atoms with van der Waals surface area (Å²) in [5.41, 5.74) is 0. The van der Waals surface area contributed by atoms with Crippen LogP contribution in [-0.2, 0) is 4.79 Å². The molecular weight excluding hydrogens is 274 g/mol. The summed E-state index contributed by atoms with van der Waals surface area (Å²) in [6, 6.07) is 9.99. The third-order valence-electron chi connectivity index (χ3n) is 3.74. The first-order valence-electron chi connectivity index (χ1n) is 7.34. The lowest BCUT2D eigenvalue weighted by Crippen LogP contribution is -2.40. The maximum absolute atomic E-state index is 12.3. The van der Waals surface area contributed by atoms with Crippen LogP contribution < -0.4 is 4.74 Å². The van der Waals surface area contributed by atoms with E-state index in [9.17, 15) is 4.79 Å². The summed E-state index contributed by atoms with van der Waals surface area (Å²) in [6.07, 6.45) is 5.08. The standard InChI is InChI=1S/C16H22ClNO2/c17-11-12-18(14-6-4-5-7-14)16(19)10-13-20-15-8-2-1-3-9-15/h1-3,8-9,14H,4-7,10-13H2. The van der Waals surface area contributed by atoms with Crippen molar-refractivity contribution in [3.8, 4) is 5.75 Å². The van der Waals surface area contributed by atoms with Crippen LogP contribution in [0.1, 0.15) is 32.1 Å². The van der Waals surface area contributed by atoms with E-state index in [-0.39, 0.29) is 5.91 Å². The highest BCUT2D eigenvalue weighted by molar-refractivity contribution is 6.18. The molecule has 0 radical (unpaired) electrons. The number of ether oxygens (including phenoxy) is 1. The quantitative estimate of drug-likeness (QED) is 0.721. The Bertz CT molecular complexity index is 404. The molecule has 3 nitrogen and oxygen atoms in total. The Hall–Kier alpha value is -1.22. The molecule has 1 amide bonds. The van der Waals surface area contributed by atoms with Crippen molar-refractivity contribution in [3.05, 3.63) is 30.3 Å². The lowest BCUT2D eigenvalue weighted by molar-refractivity contribution is -0.133. The average molecular weight is 296 g/mol. The van der Waals surface area contributed by atoms with E-state index in [2.05, 4.69) is 0 Å². The molecule has 0 spiro atoms. The summed E-state index contributed by atoms with van der Waals surface area (Å²) in [4.78, 5) is 14.3. The van der Waals surface area contributed by atoms with Crippen LogP contribution in [0.2, 0.25) is 0 Å². The second-order valence-corrected chi connectivity index (χ2v) is 5.50. The number of carbonyl (C=O) groups excluding carboxylic acids is 1. The molecule has 110 valence electrons. The molecule has 1 aliphatic carbocycles. The molecule has 1 aliphatic rings. The van der Waals surface area contributed by atoms with Crippen molar-refractivity contribution < 1.29 is 9.53 Å². The summed E-state index contributed by atoms with van der Waals surface area (Å²) < 4.78 is 5.59. The van der Waals surface area contributed by atoms with Gasteiger partial charge < -0.3 is 9.64 Å². The average Bonchev–Trinajstić information content (AvgIpc) is 2.99. The van der Waals surface area contributed by atoms with Crippen molar-refractivity contribution in [2.24, 2.45) is 0 Å². The van der Waals surface area contributed by atoms with E-state index < -0.39 is 0 Å². The summed E-state index contributed by atoms with van der Waals surface area (Å²) in [7, 11) is 0. The summed E-state index contributed by atoms with van der Waals surface area (Å²) in [5.74, 6) is 1.47. The molecule has 4 heteroatoms. The fraction of sp³-hybridized carbons (Fsp3) is 0.562. The number of carbonyl (C=O) groups is 1. The zero-order valence-corrected chi connectivity index (χ0v) is 12.5. The lowest BCUT2D eigenvalue weighted by Gasteiger charge is -2.28. The number of hydrogen-bond donors (Lipinski definition) is 0. The Kier molecular flexibility index (Phi) is 6.19. The van der Waals surface area contributed by atoms with Gasteiger partial charge in [-0.1, -0.05) is 31.0 Å². The van der Waals surface area contributed by atoms with Crippen LogP contribution in [0.15, 0.2) is 30.3 Å². The molecule has 1 aromatic carbocycles. The zero-order valence-electron chi connectivity index (χ0n) is 11.8. The van der Waals surface area contributed by atoms with E-state index in [0.717, 1.165) is 18.6 Å². The Balaban J connectivity index is 1.79. The van der Waals surface area contributed by atoms with Gasteiger partial charge >= 0.3 is 0 Å². The van der Waals surface area contributed by atoms with Crippen LogP contribution in [0.3, 0.4) is 0 Å². The number of para-hydroxylation sites is 1. The van der Waals surface area contributed by atoms with Crippen LogP contribution >= 0.6 is 11.6 Å². The van der Waals surface area contributed by atoms with Gasteiger partial charge in [0.05, 0.1) is 13.0 Å². The van der Waals surface area contributed by atoms with E-state index in [1.165, 1.54) is 12.8 Å². The predicted octanol–water partition coefficient (Wildman–Crippen LogP) is 3.47. The molecule has 0 heterocycles. The van der Waals surface area contributed by atoms with Crippen LogP contribution in [0.5, 0.6) is 5.75 Å². The van der Waals surface area contributed by atoms with Crippen molar-refractivity contribution in [1.82, 2.24) is 4.90 Å². The highest BCUT2D eigenvalue weighted by Gasteiger charge is 2.25. The highest BCUT2D eigenvalue weighted by Crippen LogP contribution is 2.24. The molecule has 0 N–H and O–H groups in total. The Morgan fingerprint density at radius 1 is 1.25 bits per heavy atom. The van der Waals surface area contributed by atoms with E-state index >= 15 is 0 Å². The molecule has 0 aromatic heterocycles. The van der Waals surface area contributed by atoms with Crippen molar-refractivity contribution >= 4 is 17.5 Å². The first-order valence-corrected chi connectivity index (χ1v) is 7.88. The van der Waals surface area contributed by atoms with Crippen LogP contribution in [0.25, 0.3) is 0 Å². The zero-order chi connectivity index (χ0) is 14.2. The molecular formula is C16H22ClNO2. The van der Waals surface area contributed by atoms with E-state index in [4.69, 9.17) is 16.3 Å². The second kappa shape index (κ2) is 8.15. The molecule has 2 rings (SSSR count). The topological polar surface area (TPSA) is 29.5 Å². The maximum atomic E-state index is 12.3. The van der Waals surface area contributed by atoms with E-state index in [1.54, 1.807) is 0 Å². The SMILES string of the molecule is O=C(CCOc1ccccc1)N(CCCl)C1CCCC1. The lowest BCUT2D eigenvalue weighted by atomic mass is 10.2. The second-order valence-electron chi connectivity index (χ2n) is 5.13. The molecule has 1 fully saturated rings. The first-order chi connectivity index (χ1) is 9.81. The third kappa shape index (κ3) is 4.41. The van der Waals surface area contributed by atoms with Crippen LogP contribution in [0.4, 0.5) is 0 Å². The van der Waals surface area contributed by atoms with Gasteiger partial charge in [0.25, 0.3) is 0 Å². The Morgan fingerprint density at radius 3 is 2.60 bits per heavy atom. The highest BCUT2D eigenvalue weighted by atomic mass is 35.5. The van der Waals surface area contributed by atoms with Gasteiger partial charge in [-0.2, -0.15) is 0 Å². The normalized spacial score (nSPS) is 15.2. The number of amides is 1. The molecule has 0 atom stereocenters. The molecule has 0 unspecified atom stereocenters. The minimum Gasteiger partial charge on any atom is -0.493 e. The summed E-state index contributed by atoms with van der Waals surface area (Å²) in [6.45, 7) is 1.07. The number of nitrogens with zero attached hydrogens (tertiary/aromatic N) is 1. The van der Waals surface area contributed by atoms with Gasteiger partial charge in [-0.3, -0.25) is 4.79 Å². The number of rotatable bonds is 7. The molecule has 0 saturated heterocycles. The van der Waals surface area contributed by atoms with Crippen molar-refractivity contribution in [3.63, 3.8) is 0 Å². The number of alkyl halides is 1. The van der Waals surface area contributed by atoms with Crippen LogP contribution in [0, 0.1) is 0 Å². The smallest absolute Gasteiger partial charge is 0.226 e. The van der Waals surface area contributed by atoms with Gasteiger partial charge in [0.2, 0.25) is 5.91 Å². The van der Waals surface area contributed by atoms with Crippen LogP contribution in [-0.4, -0.2) is 35.9 Å².